The van der Waals surface area contributed by atoms with Crippen LogP contribution in [-0.4, -0.2) is 16.0 Å². The van der Waals surface area contributed by atoms with Crippen LogP contribution in [0.4, 0.5) is 5.82 Å². The lowest BCUT2D eigenvalue weighted by molar-refractivity contribution is -0.110. The van der Waals surface area contributed by atoms with Crippen LogP contribution in [-0.2, 0) is 4.79 Å². The molecule has 4 nitrogen and oxygen atoms in total. The largest absolute Gasteiger partial charge is 0.506 e. The van der Waals surface area contributed by atoms with Gasteiger partial charge in [0.05, 0.1) is 10.0 Å². The monoisotopic (exact) mass is 500 g/mol. The van der Waals surface area contributed by atoms with Gasteiger partial charge in [-0.15, -0.1) is 0 Å². The first-order valence-corrected chi connectivity index (χ1v) is 10.4. The molecule has 1 aliphatic heterocycles. The minimum atomic E-state index is -0.198. The van der Waals surface area contributed by atoms with Crippen molar-refractivity contribution in [3.05, 3.63) is 74.8 Å². The first kappa shape index (κ1) is 20.3. The standard InChI is InChI=1S/C20H12Br2N2O2.C2H6/c21-13-9-15-16(20(26)24-19(15)23-10-13)7-11-6-14(18(25)17(22)8-11)12-4-2-1-3-5-12;1-2/h1-10,25H,(H,23,24,26);1-2H3. The Labute approximate surface area is 180 Å². The van der Waals surface area contributed by atoms with E-state index in [-0.39, 0.29) is 11.7 Å². The highest BCUT2D eigenvalue weighted by molar-refractivity contribution is 9.10. The van der Waals surface area contributed by atoms with E-state index in [1.807, 2.05) is 56.3 Å². The van der Waals surface area contributed by atoms with Crippen molar-refractivity contribution in [2.24, 2.45) is 0 Å². The van der Waals surface area contributed by atoms with E-state index >= 15 is 0 Å². The molecule has 0 radical (unpaired) electrons. The number of phenols is 1. The summed E-state index contributed by atoms with van der Waals surface area (Å²) in [5.41, 5.74) is 3.66. The molecule has 1 aliphatic rings. The number of phenolic OH excluding ortho intramolecular Hbond substituents is 1. The van der Waals surface area contributed by atoms with Crippen molar-refractivity contribution in [3.63, 3.8) is 0 Å². The molecule has 0 atom stereocenters. The molecule has 0 saturated heterocycles. The van der Waals surface area contributed by atoms with Crippen molar-refractivity contribution in [2.45, 2.75) is 13.8 Å². The summed E-state index contributed by atoms with van der Waals surface area (Å²) < 4.78 is 1.37. The molecule has 0 spiro atoms. The first-order valence-electron chi connectivity index (χ1n) is 8.80. The van der Waals surface area contributed by atoms with Gasteiger partial charge in [-0.2, -0.15) is 0 Å². The Morgan fingerprint density at radius 1 is 1.04 bits per heavy atom. The van der Waals surface area contributed by atoms with Gasteiger partial charge in [0.1, 0.15) is 11.6 Å². The van der Waals surface area contributed by atoms with Crippen LogP contribution in [0.3, 0.4) is 0 Å². The summed E-state index contributed by atoms with van der Waals surface area (Å²) in [5.74, 6) is 0.515. The topological polar surface area (TPSA) is 62.2 Å². The van der Waals surface area contributed by atoms with Crippen LogP contribution >= 0.6 is 31.9 Å². The second-order valence-electron chi connectivity index (χ2n) is 5.83. The maximum absolute atomic E-state index is 12.4. The summed E-state index contributed by atoms with van der Waals surface area (Å²) in [4.78, 5) is 16.6. The SMILES string of the molecule is CC.O=C1Nc2ncc(Br)cc2C1=Cc1cc(Br)c(O)c(-c2ccccc2)c1. The molecule has 4 rings (SSSR count). The Balaban J connectivity index is 0.00000109. The maximum Gasteiger partial charge on any atom is 0.257 e. The average Bonchev–Trinajstić information content (AvgIpc) is 3.01. The van der Waals surface area contributed by atoms with E-state index in [1.54, 1.807) is 18.3 Å². The lowest BCUT2D eigenvalue weighted by Gasteiger charge is -2.09. The van der Waals surface area contributed by atoms with Crippen LogP contribution in [0.2, 0.25) is 0 Å². The first-order chi connectivity index (χ1) is 13.5. The summed E-state index contributed by atoms with van der Waals surface area (Å²) in [5, 5.41) is 13.2. The number of nitrogens with zero attached hydrogens (tertiary/aromatic N) is 1. The molecule has 0 aliphatic carbocycles. The fraction of sp³-hybridized carbons (Fsp3) is 0.0909. The Hall–Kier alpha value is -2.44. The molecule has 0 fully saturated rings. The van der Waals surface area contributed by atoms with Gasteiger partial charge in [-0.1, -0.05) is 44.2 Å². The van der Waals surface area contributed by atoms with Crippen molar-refractivity contribution in [1.82, 2.24) is 4.98 Å². The van der Waals surface area contributed by atoms with Crippen molar-refractivity contribution >= 4 is 55.2 Å². The number of fused-ring (bicyclic) bond motifs is 1. The average molecular weight is 502 g/mol. The van der Waals surface area contributed by atoms with E-state index in [0.29, 0.717) is 21.4 Å². The third-order valence-corrected chi connectivity index (χ3v) is 5.14. The molecule has 0 unspecified atom stereocenters. The zero-order valence-corrected chi connectivity index (χ0v) is 18.5. The normalized spacial score (nSPS) is 13.6. The third-order valence-electron chi connectivity index (χ3n) is 4.10. The van der Waals surface area contributed by atoms with Crippen LogP contribution in [0.5, 0.6) is 5.75 Å². The minimum Gasteiger partial charge on any atom is -0.506 e. The number of anilines is 1. The fourth-order valence-corrected chi connectivity index (χ4v) is 3.70. The summed E-state index contributed by atoms with van der Waals surface area (Å²) >= 11 is 6.79. The molecule has 0 bridgehead atoms. The summed E-state index contributed by atoms with van der Waals surface area (Å²) in [6.07, 6.45) is 3.44. The Morgan fingerprint density at radius 2 is 1.75 bits per heavy atom. The number of rotatable bonds is 2. The quantitative estimate of drug-likeness (QED) is 0.394. The zero-order valence-electron chi connectivity index (χ0n) is 15.3. The zero-order chi connectivity index (χ0) is 20.3. The van der Waals surface area contributed by atoms with E-state index in [1.165, 1.54) is 0 Å². The van der Waals surface area contributed by atoms with Crippen LogP contribution in [0.25, 0.3) is 22.8 Å². The van der Waals surface area contributed by atoms with Crippen molar-refractivity contribution < 1.29 is 9.90 Å². The number of nitrogens with one attached hydrogen (secondary N) is 1. The summed E-state index contributed by atoms with van der Waals surface area (Å²) in [6.45, 7) is 4.00. The number of aromatic nitrogens is 1. The Kier molecular flexibility index (Phi) is 6.31. The number of halogens is 2. The van der Waals surface area contributed by atoms with Crippen LogP contribution in [0.1, 0.15) is 25.0 Å². The maximum atomic E-state index is 12.4. The van der Waals surface area contributed by atoms with Crippen LogP contribution in [0, 0.1) is 0 Å². The van der Waals surface area contributed by atoms with Crippen LogP contribution in [0.15, 0.2) is 63.7 Å². The fourth-order valence-electron chi connectivity index (χ4n) is 2.89. The molecule has 2 N–H and O–H groups in total. The number of pyridine rings is 1. The van der Waals surface area contributed by atoms with E-state index in [9.17, 15) is 9.90 Å². The molecule has 142 valence electrons. The molecule has 3 aromatic rings. The Bertz CT molecular complexity index is 1060. The van der Waals surface area contributed by atoms with E-state index < -0.39 is 0 Å². The third kappa shape index (κ3) is 4.03. The van der Waals surface area contributed by atoms with Gasteiger partial charge in [0.2, 0.25) is 0 Å². The number of amides is 1. The van der Waals surface area contributed by atoms with E-state index in [0.717, 1.165) is 21.2 Å². The van der Waals surface area contributed by atoms with Gasteiger partial charge in [-0.25, -0.2) is 4.98 Å². The van der Waals surface area contributed by atoms with Gasteiger partial charge in [0.25, 0.3) is 5.91 Å². The van der Waals surface area contributed by atoms with Crippen LogP contribution < -0.4 is 5.32 Å². The molecule has 1 amide bonds. The highest BCUT2D eigenvalue weighted by Gasteiger charge is 2.25. The second kappa shape index (κ2) is 8.71. The van der Waals surface area contributed by atoms with E-state index in [4.69, 9.17) is 0 Å². The summed E-state index contributed by atoms with van der Waals surface area (Å²) in [7, 11) is 0. The van der Waals surface area contributed by atoms with Crippen molar-refractivity contribution in [3.8, 4) is 16.9 Å². The number of carbonyl (C=O) groups is 1. The number of aromatic hydroxyl groups is 1. The molecular weight excluding hydrogens is 484 g/mol. The van der Waals surface area contributed by atoms with Gasteiger partial charge < -0.3 is 10.4 Å². The lowest BCUT2D eigenvalue weighted by Crippen LogP contribution is -2.04. The molecule has 2 heterocycles. The van der Waals surface area contributed by atoms with Crippen molar-refractivity contribution in [2.75, 3.05) is 5.32 Å². The van der Waals surface area contributed by atoms with Gasteiger partial charge >= 0.3 is 0 Å². The Morgan fingerprint density at radius 3 is 2.46 bits per heavy atom. The highest BCUT2D eigenvalue weighted by Crippen LogP contribution is 2.39. The minimum absolute atomic E-state index is 0.166. The molecule has 28 heavy (non-hydrogen) atoms. The van der Waals surface area contributed by atoms with Gasteiger partial charge in [-0.05, 0) is 67.3 Å². The molecular formula is C22H18Br2N2O2. The number of benzene rings is 2. The number of hydrogen-bond donors (Lipinski definition) is 2. The molecule has 2 aromatic carbocycles. The van der Waals surface area contributed by atoms with Gasteiger partial charge in [-0.3, -0.25) is 4.79 Å². The van der Waals surface area contributed by atoms with Gasteiger partial charge in [0.15, 0.2) is 0 Å². The van der Waals surface area contributed by atoms with E-state index in [2.05, 4.69) is 42.2 Å². The van der Waals surface area contributed by atoms with Gasteiger partial charge in [0, 0.05) is 21.8 Å². The lowest BCUT2D eigenvalue weighted by atomic mass is 9.99. The smallest absolute Gasteiger partial charge is 0.257 e. The number of hydrogen-bond acceptors (Lipinski definition) is 3. The molecule has 0 saturated carbocycles. The molecule has 6 heteroatoms. The highest BCUT2D eigenvalue weighted by atomic mass is 79.9. The second-order valence-corrected chi connectivity index (χ2v) is 7.60. The predicted octanol–water partition coefficient (Wildman–Crippen LogP) is 6.50. The number of carbonyl (C=O) groups excluding carboxylic acids is 1. The molecule has 1 aromatic heterocycles. The van der Waals surface area contributed by atoms with Crippen molar-refractivity contribution in [1.29, 1.82) is 0 Å². The summed E-state index contributed by atoms with van der Waals surface area (Å²) in [6, 6.07) is 15.1. The predicted molar refractivity (Wildman–Crippen MR) is 121 cm³/mol.